The molecule has 9 heteroatoms. The average molecular weight is 582 g/mol. The number of anilines is 1. The molecular formula is C31H36ClN3O4S. The fourth-order valence-corrected chi connectivity index (χ4v) is 6.10. The van der Waals surface area contributed by atoms with E-state index in [1.54, 1.807) is 36.4 Å². The molecule has 1 saturated carbocycles. The Balaban J connectivity index is 1.72. The van der Waals surface area contributed by atoms with Crippen molar-refractivity contribution >= 4 is 39.1 Å². The van der Waals surface area contributed by atoms with E-state index in [9.17, 15) is 18.0 Å². The van der Waals surface area contributed by atoms with Gasteiger partial charge in [-0.1, -0.05) is 90.7 Å². The van der Waals surface area contributed by atoms with Gasteiger partial charge in [-0.2, -0.15) is 0 Å². The van der Waals surface area contributed by atoms with E-state index in [2.05, 4.69) is 5.32 Å². The molecule has 0 spiro atoms. The van der Waals surface area contributed by atoms with Crippen LogP contribution in [-0.4, -0.2) is 50.0 Å². The summed E-state index contributed by atoms with van der Waals surface area (Å²) >= 11 is 6.50. The van der Waals surface area contributed by atoms with Gasteiger partial charge in [-0.3, -0.25) is 13.9 Å². The first kappa shape index (κ1) is 29.6. The predicted octanol–water partition coefficient (Wildman–Crippen LogP) is 5.11. The largest absolute Gasteiger partial charge is 0.352 e. The van der Waals surface area contributed by atoms with E-state index in [0.29, 0.717) is 16.3 Å². The maximum absolute atomic E-state index is 14.1. The monoisotopic (exact) mass is 581 g/mol. The first-order valence-corrected chi connectivity index (χ1v) is 15.8. The molecule has 1 unspecified atom stereocenters. The number of sulfonamides is 1. The van der Waals surface area contributed by atoms with E-state index < -0.39 is 28.5 Å². The van der Waals surface area contributed by atoms with Crippen LogP contribution >= 0.6 is 11.6 Å². The number of nitrogens with zero attached hydrogens (tertiary/aromatic N) is 2. The van der Waals surface area contributed by atoms with Crippen molar-refractivity contribution in [3.05, 3.63) is 101 Å². The van der Waals surface area contributed by atoms with Crippen LogP contribution < -0.4 is 9.62 Å². The Hall–Kier alpha value is -3.36. The number of amides is 2. The van der Waals surface area contributed by atoms with Gasteiger partial charge in [0, 0.05) is 24.0 Å². The minimum Gasteiger partial charge on any atom is -0.352 e. The van der Waals surface area contributed by atoms with Gasteiger partial charge < -0.3 is 10.2 Å². The van der Waals surface area contributed by atoms with Crippen LogP contribution in [0.1, 0.15) is 42.4 Å². The third-order valence-corrected chi connectivity index (χ3v) is 8.78. The van der Waals surface area contributed by atoms with Gasteiger partial charge in [-0.05, 0) is 49.1 Å². The molecule has 0 heterocycles. The number of hydrogen-bond donors (Lipinski definition) is 1. The van der Waals surface area contributed by atoms with Crippen LogP contribution in [0.15, 0.2) is 78.9 Å². The van der Waals surface area contributed by atoms with E-state index in [-0.39, 0.29) is 24.9 Å². The average Bonchev–Trinajstić information content (AvgIpc) is 3.44. The van der Waals surface area contributed by atoms with Crippen molar-refractivity contribution in [1.29, 1.82) is 0 Å². The van der Waals surface area contributed by atoms with Crippen molar-refractivity contribution in [3.8, 4) is 0 Å². The van der Waals surface area contributed by atoms with Gasteiger partial charge in [-0.25, -0.2) is 8.42 Å². The number of benzene rings is 3. The van der Waals surface area contributed by atoms with Gasteiger partial charge in [0.1, 0.15) is 12.6 Å². The third-order valence-electron chi connectivity index (χ3n) is 7.27. The molecule has 1 aliphatic rings. The summed E-state index contributed by atoms with van der Waals surface area (Å²) in [4.78, 5) is 29.4. The zero-order valence-corrected chi connectivity index (χ0v) is 24.5. The van der Waals surface area contributed by atoms with Crippen LogP contribution in [0.4, 0.5) is 5.69 Å². The first-order chi connectivity index (χ1) is 19.1. The van der Waals surface area contributed by atoms with Gasteiger partial charge in [0.2, 0.25) is 21.8 Å². The zero-order chi connectivity index (χ0) is 28.7. The Kier molecular flexibility index (Phi) is 9.87. The minimum absolute atomic E-state index is 0.0552. The second-order valence-electron chi connectivity index (χ2n) is 10.4. The molecule has 0 bridgehead atoms. The van der Waals surface area contributed by atoms with Gasteiger partial charge in [-0.15, -0.1) is 0 Å². The second kappa shape index (κ2) is 13.3. The highest BCUT2D eigenvalue weighted by Gasteiger charge is 2.34. The van der Waals surface area contributed by atoms with Crippen LogP contribution in [0.25, 0.3) is 0 Å². The molecule has 212 valence electrons. The molecule has 1 fully saturated rings. The number of carbonyl (C=O) groups excluding carboxylic acids is 2. The van der Waals surface area contributed by atoms with Gasteiger partial charge in [0.15, 0.2) is 0 Å². The Morgan fingerprint density at radius 2 is 1.57 bits per heavy atom. The van der Waals surface area contributed by atoms with Gasteiger partial charge in [0.05, 0.1) is 11.9 Å². The number of hydrogen-bond acceptors (Lipinski definition) is 4. The van der Waals surface area contributed by atoms with Crippen molar-refractivity contribution in [2.24, 2.45) is 0 Å². The maximum atomic E-state index is 14.1. The molecule has 0 saturated heterocycles. The molecule has 7 nitrogen and oxygen atoms in total. The smallest absolute Gasteiger partial charge is 0.244 e. The summed E-state index contributed by atoms with van der Waals surface area (Å²) < 4.78 is 26.8. The molecule has 1 aliphatic carbocycles. The number of nitrogens with one attached hydrogen (secondary N) is 1. The molecule has 4 rings (SSSR count). The molecule has 0 aromatic heterocycles. The summed E-state index contributed by atoms with van der Waals surface area (Å²) in [7, 11) is -3.80. The standard InChI is InChI=1S/C31H36ClN3O4S/c1-23-16-18-27(19-17-23)35(40(2,38)39)22-30(36)34(21-25-12-6-9-15-28(25)32)29(20-24-10-4-3-5-11-24)31(37)33-26-13-7-8-14-26/h3-6,9-12,15-19,26,29H,7-8,13-14,20-22H2,1-2H3,(H,33,37). The normalized spacial score (nSPS) is 14.5. The number of halogens is 1. The lowest BCUT2D eigenvalue weighted by Gasteiger charge is -2.34. The molecule has 0 radical (unpaired) electrons. The molecule has 1 N–H and O–H groups in total. The van der Waals surface area contributed by atoms with E-state index in [0.717, 1.165) is 47.4 Å². The summed E-state index contributed by atoms with van der Waals surface area (Å²) in [5.74, 6) is -0.745. The lowest BCUT2D eigenvalue weighted by molar-refractivity contribution is -0.140. The Morgan fingerprint density at radius 3 is 2.20 bits per heavy atom. The molecule has 0 aliphatic heterocycles. The van der Waals surface area contributed by atoms with E-state index >= 15 is 0 Å². The predicted molar refractivity (Wildman–Crippen MR) is 160 cm³/mol. The van der Waals surface area contributed by atoms with Crippen molar-refractivity contribution < 1.29 is 18.0 Å². The highest BCUT2D eigenvalue weighted by molar-refractivity contribution is 7.92. The number of rotatable bonds is 11. The maximum Gasteiger partial charge on any atom is 0.244 e. The van der Waals surface area contributed by atoms with Gasteiger partial charge in [0.25, 0.3) is 0 Å². The lowest BCUT2D eigenvalue weighted by atomic mass is 10.0. The van der Waals surface area contributed by atoms with Crippen LogP contribution in [0.2, 0.25) is 5.02 Å². The lowest BCUT2D eigenvalue weighted by Crippen LogP contribution is -2.54. The van der Waals surface area contributed by atoms with Crippen LogP contribution in [-0.2, 0) is 32.6 Å². The summed E-state index contributed by atoms with van der Waals surface area (Å²) in [5, 5.41) is 3.62. The minimum atomic E-state index is -3.80. The van der Waals surface area contributed by atoms with Crippen molar-refractivity contribution in [2.45, 2.75) is 57.7 Å². The highest BCUT2D eigenvalue weighted by Crippen LogP contribution is 2.24. The molecule has 1 atom stereocenters. The molecule has 40 heavy (non-hydrogen) atoms. The van der Waals surface area contributed by atoms with Crippen LogP contribution in [0.3, 0.4) is 0 Å². The molecule has 3 aromatic rings. The van der Waals surface area contributed by atoms with Gasteiger partial charge >= 0.3 is 0 Å². The number of carbonyl (C=O) groups is 2. The Labute approximate surface area is 242 Å². The quantitative estimate of drug-likeness (QED) is 0.341. The highest BCUT2D eigenvalue weighted by atomic mass is 35.5. The van der Waals surface area contributed by atoms with Crippen LogP contribution in [0, 0.1) is 6.92 Å². The summed E-state index contributed by atoms with van der Waals surface area (Å²) in [6.07, 6.45) is 5.26. The van der Waals surface area contributed by atoms with E-state index in [4.69, 9.17) is 11.6 Å². The molecular weight excluding hydrogens is 546 g/mol. The molecule has 3 aromatic carbocycles. The van der Waals surface area contributed by atoms with E-state index in [1.165, 1.54) is 4.90 Å². The van der Waals surface area contributed by atoms with Crippen LogP contribution in [0.5, 0.6) is 0 Å². The fourth-order valence-electron chi connectivity index (χ4n) is 5.06. The van der Waals surface area contributed by atoms with Crippen molar-refractivity contribution in [1.82, 2.24) is 10.2 Å². The molecule has 2 amide bonds. The van der Waals surface area contributed by atoms with Crippen molar-refractivity contribution in [2.75, 3.05) is 17.1 Å². The van der Waals surface area contributed by atoms with E-state index in [1.807, 2.05) is 49.4 Å². The fraction of sp³-hybridized carbons (Fsp3) is 0.355. The summed E-state index contributed by atoms with van der Waals surface area (Å²) in [5.41, 5.74) is 2.92. The third kappa shape index (κ3) is 7.86. The zero-order valence-electron chi connectivity index (χ0n) is 22.9. The van der Waals surface area contributed by atoms with Crippen molar-refractivity contribution in [3.63, 3.8) is 0 Å². The Bertz CT molecular complexity index is 1410. The summed E-state index contributed by atoms with van der Waals surface area (Å²) in [6.45, 7) is 1.51. The SMILES string of the molecule is Cc1ccc(N(CC(=O)N(Cc2ccccc2Cl)C(Cc2ccccc2)C(=O)NC2CCCC2)S(C)(=O)=O)cc1. The topological polar surface area (TPSA) is 86.8 Å². The number of aryl methyl sites for hydroxylation is 1. The Morgan fingerprint density at radius 1 is 0.950 bits per heavy atom. The first-order valence-electron chi connectivity index (χ1n) is 13.5. The second-order valence-corrected chi connectivity index (χ2v) is 12.7. The summed E-state index contributed by atoms with van der Waals surface area (Å²) in [6, 6.07) is 22.8.